The van der Waals surface area contributed by atoms with E-state index in [1.54, 1.807) is 6.07 Å². The second-order valence-corrected chi connectivity index (χ2v) is 4.25. The van der Waals surface area contributed by atoms with Gasteiger partial charge in [0, 0.05) is 16.8 Å². The van der Waals surface area contributed by atoms with E-state index in [1.807, 2.05) is 0 Å². The van der Waals surface area contributed by atoms with Gasteiger partial charge in [-0.1, -0.05) is 23.7 Å². The molecule has 0 radical (unpaired) electrons. The monoisotopic (exact) mass is 276 g/mol. The Morgan fingerprint density at radius 2 is 1.89 bits per heavy atom. The summed E-state index contributed by atoms with van der Waals surface area (Å²) in [7, 11) is -1.55. The number of hydrogen-bond donors (Lipinski definition) is 3. The molecular weight excluding hydrogens is 266 g/mol. The summed E-state index contributed by atoms with van der Waals surface area (Å²) in [5.74, 6) is -0.00230. The van der Waals surface area contributed by atoms with Crippen molar-refractivity contribution in [2.45, 2.75) is 0 Å². The number of aromatic nitrogens is 1. The van der Waals surface area contributed by atoms with Crippen molar-refractivity contribution in [2.24, 2.45) is 0 Å². The number of rotatable bonds is 3. The van der Waals surface area contributed by atoms with Crippen LogP contribution in [-0.2, 0) is 0 Å². The number of pyridine rings is 1. The summed E-state index contributed by atoms with van der Waals surface area (Å²) in [5.41, 5.74) is 0.698. The number of amides is 1. The highest BCUT2D eigenvalue weighted by atomic mass is 35.5. The summed E-state index contributed by atoms with van der Waals surface area (Å²) in [6.07, 6.45) is 1.49. The molecule has 19 heavy (non-hydrogen) atoms. The summed E-state index contributed by atoms with van der Waals surface area (Å²) < 4.78 is 0. The molecule has 0 aliphatic rings. The summed E-state index contributed by atoms with van der Waals surface area (Å²) in [4.78, 5) is 15.8. The fourth-order valence-corrected chi connectivity index (χ4v) is 1.63. The van der Waals surface area contributed by atoms with E-state index in [4.69, 9.17) is 21.6 Å². The summed E-state index contributed by atoms with van der Waals surface area (Å²) in [5, 5.41) is 21.0. The topological polar surface area (TPSA) is 82.5 Å². The summed E-state index contributed by atoms with van der Waals surface area (Å²) >= 11 is 5.78. The second-order valence-electron chi connectivity index (χ2n) is 3.81. The van der Waals surface area contributed by atoms with Crippen LogP contribution < -0.4 is 10.8 Å². The molecule has 1 aromatic heterocycles. The maximum Gasteiger partial charge on any atom is 0.488 e. The normalized spacial score (nSPS) is 10.1. The van der Waals surface area contributed by atoms with Crippen LogP contribution in [-0.4, -0.2) is 28.1 Å². The maximum atomic E-state index is 11.9. The van der Waals surface area contributed by atoms with Gasteiger partial charge in [-0.25, -0.2) is 4.98 Å². The number of anilines is 1. The maximum absolute atomic E-state index is 11.9. The molecule has 1 heterocycles. The average Bonchev–Trinajstić information content (AvgIpc) is 2.39. The van der Waals surface area contributed by atoms with Gasteiger partial charge >= 0.3 is 7.12 Å². The van der Waals surface area contributed by atoms with Gasteiger partial charge in [0.2, 0.25) is 0 Å². The Hall–Kier alpha value is -1.89. The number of nitrogens with zero attached hydrogens (tertiary/aromatic N) is 1. The first-order valence-corrected chi connectivity index (χ1v) is 5.83. The fraction of sp³-hybridized carbons (Fsp3) is 0. The molecule has 0 spiro atoms. The van der Waals surface area contributed by atoms with Crippen LogP contribution in [0, 0.1) is 0 Å². The lowest BCUT2D eigenvalue weighted by molar-refractivity contribution is 0.102. The van der Waals surface area contributed by atoms with Crippen LogP contribution in [0.3, 0.4) is 0 Å². The van der Waals surface area contributed by atoms with Crippen LogP contribution in [0.4, 0.5) is 5.82 Å². The first-order valence-electron chi connectivity index (χ1n) is 5.45. The zero-order chi connectivity index (χ0) is 13.8. The van der Waals surface area contributed by atoms with Gasteiger partial charge in [0.1, 0.15) is 5.82 Å². The zero-order valence-electron chi connectivity index (χ0n) is 9.75. The third-order valence-corrected chi connectivity index (χ3v) is 2.67. The average molecular weight is 276 g/mol. The largest absolute Gasteiger partial charge is 0.488 e. The van der Waals surface area contributed by atoms with Crippen LogP contribution in [0.25, 0.3) is 0 Å². The highest BCUT2D eigenvalue weighted by molar-refractivity contribution is 6.58. The molecule has 0 aliphatic heterocycles. The molecule has 0 atom stereocenters. The van der Waals surface area contributed by atoms with Crippen molar-refractivity contribution in [3.8, 4) is 0 Å². The van der Waals surface area contributed by atoms with Crippen molar-refractivity contribution in [2.75, 3.05) is 5.32 Å². The first-order chi connectivity index (χ1) is 9.06. The molecule has 0 unspecified atom stereocenters. The van der Waals surface area contributed by atoms with Crippen LogP contribution in [0.5, 0.6) is 0 Å². The lowest BCUT2D eigenvalue weighted by atomic mass is 9.80. The van der Waals surface area contributed by atoms with E-state index in [2.05, 4.69) is 10.3 Å². The van der Waals surface area contributed by atoms with E-state index in [1.165, 1.54) is 36.5 Å². The number of benzene rings is 1. The Balaban J connectivity index is 2.11. The van der Waals surface area contributed by atoms with Crippen LogP contribution in [0.2, 0.25) is 5.02 Å². The Kier molecular flexibility index (Phi) is 4.16. The van der Waals surface area contributed by atoms with Crippen molar-refractivity contribution in [1.82, 2.24) is 4.98 Å². The van der Waals surface area contributed by atoms with E-state index in [0.717, 1.165) is 0 Å². The second kappa shape index (κ2) is 5.84. The predicted molar refractivity (Wildman–Crippen MR) is 73.5 cm³/mol. The SMILES string of the molecule is O=C(Nc1cc(Cl)ccn1)c1ccc(B(O)O)cc1. The van der Waals surface area contributed by atoms with E-state index in [0.29, 0.717) is 21.9 Å². The summed E-state index contributed by atoms with van der Waals surface area (Å²) in [6, 6.07) is 9.05. The molecular formula is C12H10BClN2O3. The lowest BCUT2D eigenvalue weighted by Gasteiger charge is -2.05. The van der Waals surface area contributed by atoms with Gasteiger partial charge in [0.15, 0.2) is 0 Å². The van der Waals surface area contributed by atoms with E-state index >= 15 is 0 Å². The van der Waals surface area contributed by atoms with Crippen LogP contribution in [0.1, 0.15) is 10.4 Å². The quantitative estimate of drug-likeness (QED) is 0.720. The molecule has 5 nitrogen and oxygen atoms in total. The molecule has 0 saturated heterocycles. The third kappa shape index (κ3) is 3.54. The van der Waals surface area contributed by atoms with Gasteiger partial charge in [-0.15, -0.1) is 0 Å². The molecule has 7 heteroatoms. The minimum Gasteiger partial charge on any atom is -0.423 e. The van der Waals surface area contributed by atoms with Gasteiger partial charge in [0.25, 0.3) is 5.91 Å². The number of nitrogens with one attached hydrogen (secondary N) is 1. The van der Waals surface area contributed by atoms with Crippen molar-refractivity contribution >= 4 is 35.9 Å². The molecule has 0 fully saturated rings. The number of carbonyl (C=O) groups excluding carboxylic acids is 1. The third-order valence-electron chi connectivity index (χ3n) is 2.43. The predicted octanol–water partition coefficient (Wildman–Crippen LogP) is 0.667. The Bertz CT molecular complexity index is 590. The Morgan fingerprint density at radius 3 is 2.47 bits per heavy atom. The van der Waals surface area contributed by atoms with Crippen molar-refractivity contribution < 1.29 is 14.8 Å². The standard InChI is InChI=1S/C12H10BClN2O3/c14-10-5-6-15-11(7-10)16-12(17)8-1-3-9(4-2-8)13(18)19/h1-7,18-19H,(H,15,16,17). The highest BCUT2D eigenvalue weighted by Gasteiger charge is 2.12. The number of carbonyl (C=O) groups is 1. The molecule has 1 amide bonds. The minimum atomic E-state index is -1.55. The first kappa shape index (κ1) is 13.5. The van der Waals surface area contributed by atoms with Gasteiger partial charge < -0.3 is 15.4 Å². The zero-order valence-corrected chi connectivity index (χ0v) is 10.5. The molecule has 0 aliphatic carbocycles. The molecule has 0 saturated carbocycles. The molecule has 0 bridgehead atoms. The molecule has 3 N–H and O–H groups in total. The van der Waals surface area contributed by atoms with Gasteiger partial charge in [-0.2, -0.15) is 0 Å². The fourth-order valence-electron chi connectivity index (χ4n) is 1.47. The van der Waals surface area contributed by atoms with Crippen molar-refractivity contribution in [1.29, 1.82) is 0 Å². The molecule has 2 rings (SSSR count). The van der Waals surface area contributed by atoms with Gasteiger partial charge in [0.05, 0.1) is 0 Å². The Morgan fingerprint density at radius 1 is 1.21 bits per heavy atom. The van der Waals surface area contributed by atoms with Crippen LogP contribution in [0.15, 0.2) is 42.6 Å². The Labute approximate surface area is 115 Å². The van der Waals surface area contributed by atoms with E-state index < -0.39 is 7.12 Å². The van der Waals surface area contributed by atoms with Gasteiger partial charge in [-0.05, 0) is 29.7 Å². The smallest absolute Gasteiger partial charge is 0.423 e. The molecule has 1 aromatic carbocycles. The van der Waals surface area contributed by atoms with Crippen molar-refractivity contribution in [3.63, 3.8) is 0 Å². The highest BCUT2D eigenvalue weighted by Crippen LogP contribution is 2.12. The molecule has 96 valence electrons. The number of halogens is 1. The minimum absolute atomic E-state index is 0.317. The number of hydrogen-bond acceptors (Lipinski definition) is 4. The van der Waals surface area contributed by atoms with Crippen molar-refractivity contribution in [3.05, 3.63) is 53.2 Å². The van der Waals surface area contributed by atoms with Crippen LogP contribution >= 0.6 is 11.6 Å². The van der Waals surface area contributed by atoms with E-state index in [-0.39, 0.29) is 5.91 Å². The lowest BCUT2D eigenvalue weighted by Crippen LogP contribution is -2.29. The molecule has 2 aromatic rings. The summed E-state index contributed by atoms with van der Waals surface area (Å²) in [6.45, 7) is 0. The van der Waals surface area contributed by atoms with E-state index in [9.17, 15) is 4.79 Å². The van der Waals surface area contributed by atoms with Gasteiger partial charge in [-0.3, -0.25) is 4.79 Å².